The van der Waals surface area contributed by atoms with E-state index in [1.54, 1.807) is 12.1 Å². The Kier molecular flexibility index (Phi) is 3.79. The summed E-state index contributed by atoms with van der Waals surface area (Å²) >= 11 is 0. The third-order valence-corrected chi connectivity index (χ3v) is 8.23. The van der Waals surface area contributed by atoms with Crippen LogP contribution in [0.4, 0.5) is 0 Å². The van der Waals surface area contributed by atoms with E-state index in [4.69, 9.17) is 0 Å². The number of hydrogen-bond acceptors (Lipinski definition) is 4. The molecule has 0 radical (unpaired) electrons. The van der Waals surface area contributed by atoms with Gasteiger partial charge in [-0.05, 0) is 59.3 Å². The van der Waals surface area contributed by atoms with Gasteiger partial charge in [0.05, 0.1) is 0 Å². The molecule has 0 fully saturated rings. The Morgan fingerprint density at radius 2 is 1.36 bits per heavy atom. The topological polar surface area (TPSA) is 80.9 Å². The predicted octanol–water partition coefficient (Wildman–Crippen LogP) is 5.18. The Hall–Kier alpha value is -2.36. The Morgan fingerprint density at radius 3 is 1.89 bits per heavy atom. The second kappa shape index (κ2) is 5.59. The molecule has 2 aromatic rings. The maximum atomic E-state index is 11.0. The van der Waals surface area contributed by atoms with Crippen LogP contribution >= 0.6 is 0 Å². The van der Waals surface area contributed by atoms with Crippen LogP contribution in [0.1, 0.15) is 76.1 Å². The summed E-state index contributed by atoms with van der Waals surface area (Å²) in [5.41, 5.74) is 2.53. The van der Waals surface area contributed by atoms with Gasteiger partial charge in [0.15, 0.2) is 0 Å². The lowest BCUT2D eigenvalue weighted by Gasteiger charge is -2.39. The van der Waals surface area contributed by atoms with E-state index in [1.807, 2.05) is 0 Å². The van der Waals surface area contributed by atoms with Gasteiger partial charge in [-0.2, -0.15) is 0 Å². The Balaban J connectivity index is 2.16. The van der Waals surface area contributed by atoms with E-state index in [0.717, 1.165) is 41.5 Å². The zero-order valence-corrected chi connectivity index (χ0v) is 17.3. The first-order valence-corrected chi connectivity index (χ1v) is 10.2. The molecule has 2 aliphatic rings. The van der Waals surface area contributed by atoms with E-state index in [2.05, 4.69) is 34.6 Å². The highest BCUT2D eigenvalue weighted by Gasteiger charge is 2.63. The van der Waals surface area contributed by atoms with Crippen LogP contribution in [0, 0.1) is 5.92 Å². The SMILES string of the molecule is CCC1(C)CC2(c3cc(O)cc(O)c3C(C)(CC)C2C)c2c(O)cc(O)cc21. The van der Waals surface area contributed by atoms with Gasteiger partial charge in [0, 0.05) is 28.7 Å². The number of phenolic OH excluding ortho intramolecular Hbond substituents is 4. The van der Waals surface area contributed by atoms with Gasteiger partial charge in [0.2, 0.25) is 0 Å². The smallest absolute Gasteiger partial charge is 0.123 e. The second-order valence-electron chi connectivity index (χ2n) is 9.33. The summed E-state index contributed by atoms with van der Waals surface area (Å²) in [4.78, 5) is 0. The predicted molar refractivity (Wildman–Crippen MR) is 109 cm³/mol. The fraction of sp³-hybridized carbons (Fsp3) is 0.500. The number of phenols is 4. The minimum absolute atomic E-state index is 0.0353. The van der Waals surface area contributed by atoms with Gasteiger partial charge in [0.25, 0.3) is 0 Å². The highest BCUT2D eigenvalue weighted by molar-refractivity contribution is 5.68. The first-order valence-electron chi connectivity index (χ1n) is 10.2. The van der Waals surface area contributed by atoms with Crippen molar-refractivity contribution in [3.63, 3.8) is 0 Å². The van der Waals surface area contributed by atoms with Crippen LogP contribution in [-0.2, 0) is 16.2 Å². The van der Waals surface area contributed by atoms with Crippen molar-refractivity contribution in [3.05, 3.63) is 46.5 Å². The summed E-state index contributed by atoms with van der Waals surface area (Å²) in [7, 11) is 0. The van der Waals surface area contributed by atoms with Crippen molar-refractivity contribution in [3.8, 4) is 23.0 Å². The molecule has 2 aromatic carbocycles. The van der Waals surface area contributed by atoms with Crippen molar-refractivity contribution in [2.45, 2.75) is 70.1 Å². The van der Waals surface area contributed by atoms with Crippen molar-refractivity contribution < 1.29 is 20.4 Å². The molecule has 0 amide bonds. The Bertz CT molecular complexity index is 981. The molecular weight excluding hydrogens is 352 g/mol. The number of aromatic hydroxyl groups is 4. The van der Waals surface area contributed by atoms with Crippen LogP contribution in [0.25, 0.3) is 0 Å². The quantitative estimate of drug-likeness (QED) is 0.577. The van der Waals surface area contributed by atoms with Gasteiger partial charge >= 0.3 is 0 Å². The van der Waals surface area contributed by atoms with E-state index in [-0.39, 0.29) is 39.7 Å². The molecule has 1 spiro atoms. The third kappa shape index (κ3) is 2.01. The van der Waals surface area contributed by atoms with Gasteiger partial charge in [-0.3, -0.25) is 0 Å². The zero-order valence-electron chi connectivity index (χ0n) is 17.3. The molecule has 4 atom stereocenters. The molecule has 4 rings (SSSR count). The molecule has 2 aliphatic carbocycles. The maximum absolute atomic E-state index is 11.0. The van der Waals surface area contributed by atoms with E-state index in [0.29, 0.717) is 0 Å². The van der Waals surface area contributed by atoms with Gasteiger partial charge in [-0.15, -0.1) is 0 Å². The molecule has 0 aliphatic heterocycles. The molecule has 150 valence electrons. The lowest BCUT2D eigenvalue weighted by molar-refractivity contribution is 0.212. The molecule has 0 aromatic heterocycles. The number of rotatable bonds is 2. The van der Waals surface area contributed by atoms with Crippen LogP contribution in [0.2, 0.25) is 0 Å². The first kappa shape index (κ1) is 19.0. The molecule has 0 saturated heterocycles. The number of hydrogen-bond donors (Lipinski definition) is 4. The Morgan fingerprint density at radius 1 is 0.821 bits per heavy atom. The molecule has 0 bridgehead atoms. The molecular formula is C24H30O4. The number of fused-ring (bicyclic) bond motifs is 4. The van der Waals surface area contributed by atoms with Crippen LogP contribution < -0.4 is 0 Å². The third-order valence-electron chi connectivity index (χ3n) is 8.23. The fourth-order valence-corrected chi connectivity index (χ4v) is 6.31. The van der Waals surface area contributed by atoms with E-state index < -0.39 is 5.41 Å². The number of benzene rings is 2. The minimum atomic E-state index is -0.534. The van der Waals surface area contributed by atoms with Crippen molar-refractivity contribution >= 4 is 0 Å². The van der Waals surface area contributed by atoms with Crippen LogP contribution in [0.5, 0.6) is 23.0 Å². The molecule has 0 heterocycles. The van der Waals surface area contributed by atoms with Gasteiger partial charge in [-0.25, -0.2) is 0 Å². The molecule has 28 heavy (non-hydrogen) atoms. The fourth-order valence-electron chi connectivity index (χ4n) is 6.31. The molecule has 0 saturated carbocycles. The minimum Gasteiger partial charge on any atom is -0.508 e. The highest BCUT2D eigenvalue weighted by atomic mass is 16.3. The average molecular weight is 383 g/mol. The van der Waals surface area contributed by atoms with Crippen LogP contribution in [-0.4, -0.2) is 20.4 Å². The first-order chi connectivity index (χ1) is 13.0. The zero-order chi connectivity index (χ0) is 20.6. The summed E-state index contributed by atoms with van der Waals surface area (Å²) < 4.78 is 0. The summed E-state index contributed by atoms with van der Waals surface area (Å²) in [6.07, 6.45) is 2.45. The average Bonchev–Trinajstić information content (AvgIpc) is 2.99. The Labute approximate surface area is 166 Å². The summed E-state index contributed by atoms with van der Waals surface area (Å²) in [6, 6.07) is 6.39. The van der Waals surface area contributed by atoms with Gasteiger partial charge in [0.1, 0.15) is 23.0 Å². The van der Waals surface area contributed by atoms with Crippen molar-refractivity contribution in [1.29, 1.82) is 0 Å². The normalized spacial score (nSPS) is 33.2. The van der Waals surface area contributed by atoms with Crippen LogP contribution in [0.3, 0.4) is 0 Å². The molecule has 4 heteroatoms. The van der Waals surface area contributed by atoms with E-state index in [9.17, 15) is 20.4 Å². The van der Waals surface area contributed by atoms with E-state index in [1.165, 1.54) is 12.1 Å². The second-order valence-corrected chi connectivity index (χ2v) is 9.33. The summed E-state index contributed by atoms with van der Waals surface area (Å²) in [5, 5.41) is 42.4. The standard InChI is InChI=1S/C24H30O4/c1-6-22(4)12-24(21-16(22)8-14(25)11-19(21)28)13(3)23(5,7-2)20-17(24)9-15(26)10-18(20)27/h8-11,13,25-28H,6-7,12H2,1-5H3. The summed E-state index contributed by atoms with van der Waals surface area (Å²) in [5.74, 6) is 0.403. The summed E-state index contributed by atoms with van der Waals surface area (Å²) in [6.45, 7) is 10.8. The lowest BCUT2D eigenvalue weighted by atomic mass is 9.63. The van der Waals surface area contributed by atoms with E-state index >= 15 is 0 Å². The maximum Gasteiger partial charge on any atom is 0.123 e. The lowest BCUT2D eigenvalue weighted by Crippen LogP contribution is -2.38. The van der Waals surface area contributed by atoms with Crippen LogP contribution in [0.15, 0.2) is 24.3 Å². The van der Waals surface area contributed by atoms with Gasteiger partial charge in [-0.1, -0.05) is 34.6 Å². The molecule has 4 nitrogen and oxygen atoms in total. The largest absolute Gasteiger partial charge is 0.508 e. The molecule has 4 N–H and O–H groups in total. The van der Waals surface area contributed by atoms with Crippen molar-refractivity contribution in [2.24, 2.45) is 5.92 Å². The highest BCUT2D eigenvalue weighted by Crippen LogP contribution is 2.69. The molecule has 4 unspecified atom stereocenters. The van der Waals surface area contributed by atoms with Gasteiger partial charge < -0.3 is 20.4 Å². The van der Waals surface area contributed by atoms with Crippen molar-refractivity contribution in [1.82, 2.24) is 0 Å². The van der Waals surface area contributed by atoms with Crippen molar-refractivity contribution in [2.75, 3.05) is 0 Å². The monoisotopic (exact) mass is 382 g/mol.